The van der Waals surface area contributed by atoms with Crippen LogP contribution in [0.4, 0.5) is 0 Å². The predicted octanol–water partition coefficient (Wildman–Crippen LogP) is 3.27. The summed E-state index contributed by atoms with van der Waals surface area (Å²) in [5.74, 6) is -8.89. The number of methoxy groups -OCH3 is 1. The maximum atomic E-state index is 14.4. The van der Waals surface area contributed by atoms with Crippen molar-refractivity contribution in [2.75, 3.05) is 7.11 Å². The average molecular weight is 855 g/mol. The number of aromatic hydroxyl groups is 1. The molecule has 11 atom stereocenters. The van der Waals surface area contributed by atoms with Gasteiger partial charge in [0.25, 0.3) is 0 Å². The van der Waals surface area contributed by atoms with Crippen molar-refractivity contribution >= 4 is 34.9 Å². The lowest BCUT2D eigenvalue weighted by molar-refractivity contribution is -0.316. The molecule has 5 aliphatic rings. The number of allylic oxidation sites excluding steroid dienone is 3. The molecule has 0 bridgehead atoms. The molecular formula is C44H54O17. The minimum atomic E-state index is -3.47. The molecule has 0 spiro atoms. The first kappa shape index (κ1) is 45.9. The van der Waals surface area contributed by atoms with Gasteiger partial charge in [0.1, 0.15) is 28.3 Å². The third kappa shape index (κ3) is 7.57. The van der Waals surface area contributed by atoms with Gasteiger partial charge in [0.05, 0.1) is 36.5 Å². The third-order valence-corrected chi connectivity index (χ3v) is 12.5. The molecule has 2 aliphatic heterocycles. The summed E-state index contributed by atoms with van der Waals surface area (Å²) in [6.07, 6.45) is -4.07. The fourth-order valence-electron chi connectivity index (χ4n) is 9.38. The van der Waals surface area contributed by atoms with Crippen LogP contribution in [0.15, 0.2) is 34.8 Å². The molecule has 5 N–H and O–H groups in total. The number of benzene rings is 1. The zero-order chi connectivity index (χ0) is 45.3. The van der Waals surface area contributed by atoms with Gasteiger partial charge in [-0.05, 0) is 71.4 Å². The number of aliphatic hydroxyl groups is 4. The molecule has 1 aromatic rings. The van der Waals surface area contributed by atoms with E-state index in [1.165, 1.54) is 13.8 Å². The quantitative estimate of drug-likeness (QED) is 0.122. The average Bonchev–Trinajstić information content (AvgIpc) is 3.17. The molecule has 61 heavy (non-hydrogen) atoms. The second-order valence-electron chi connectivity index (χ2n) is 17.1. The van der Waals surface area contributed by atoms with Gasteiger partial charge in [-0.15, -0.1) is 0 Å². The van der Waals surface area contributed by atoms with Crippen molar-refractivity contribution in [3.05, 3.63) is 62.6 Å². The first-order valence-electron chi connectivity index (χ1n) is 20.4. The molecule has 0 saturated carbocycles. The maximum Gasteiger partial charge on any atom is 0.333 e. The highest BCUT2D eigenvalue weighted by atomic mass is 16.7. The van der Waals surface area contributed by atoms with Gasteiger partial charge in [0.15, 0.2) is 42.1 Å². The van der Waals surface area contributed by atoms with Gasteiger partial charge < -0.3 is 54.0 Å². The van der Waals surface area contributed by atoms with Crippen LogP contribution in [0.2, 0.25) is 0 Å². The largest absolute Gasteiger partial charge is 0.508 e. The van der Waals surface area contributed by atoms with E-state index in [1.54, 1.807) is 20.8 Å². The van der Waals surface area contributed by atoms with Crippen LogP contribution < -0.4 is 0 Å². The van der Waals surface area contributed by atoms with Crippen LogP contribution in [-0.4, -0.2) is 127 Å². The summed E-state index contributed by atoms with van der Waals surface area (Å²) in [5, 5.41) is 58.8. The van der Waals surface area contributed by atoms with Crippen LogP contribution in [0.3, 0.4) is 0 Å². The Morgan fingerprint density at radius 3 is 2.21 bits per heavy atom. The van der Waals surface area contributed by atoms with Crippen LogP contribution in [-0.2, 0) is 49.2 Å². The SMILES string of the molecule is CCC[C@@H](C)/C=C(/C)C(=O)O[C@@H]1[C@H](C)O[C@@H](O[C@H]2CC[C@H](O[C@@H]3C(=O)C(C(C)=O)=C(O)[C@@]4(O)C(=O)c5c(O)c6c(c(C)c5C[C@@]34O)C(=O)C(OC)=CC6=O)O[C@H]2C)C[C@@]1(C)O. The Morgan fingerprint density at radius 1 is 0.967 bits per heavy atom. The highest BCUT2D eigenvalue weighted by Gasteiger charge is 2.71. The topological polar surface area (TPSA) is 259 Å². The summed E-state index contributed by atoms with van der Waals surface area (Å²) in [5.41, 5.74) is -10.6. The van der Waals surface area contributed by atoms with Crippen LogP contribution >= 0.6 is 0 Å². The van der Waals surface area contributed by atoms with Crippen molar-refractivity contribution in [3.63, 3.8) is 0 Å². The first-order valence-corrected chi connectivity index (χ1v) is 20.4. The zero-order valence-electron chi connectivity index (χ0n) is 35.7. The van der Waals surface area contributed by atoms with Crippen molar-refractivity contribution in [1.82, 2.24) is 0 Å². The number of fused-ring (bicyclic) bond motifs is 3. The fraction of sp³-hybridized carbons (Fsp3) is 0.591. The van der Waals surface area contributed by atoms with Gasteiger partial charge in [0.2, 0.25) is 23.0 Å². The number of phenolic OH excluding ortho intramolecular Hbond substituents is 1. The van der Waals surface area contributed by atoms with E-state index in [0.29, 0.717) is 5.57 Å². The molecule has 2 heterocycles. The van der Waals surface area contributed by atoms with E-state index < -0.39 is 129 Å². The molecule has 332 valence electrons. The van der Waals surface area contributed by atoms with Gasteiger partial charge in [-0.2, -0.15) is 0 Å². The molecular weight excluding hydrogens is 800 g/mol. The Labute approximate surface area is 352 Å². The highest BCUT2D eigenvalue weighted by Crippen LogP contribution is 2.52. The molecule has 17 nitrogen and oxygen atoms in total. The summed E-state index contributed by atoms with van der Waals surface area (Å²) in [7, 11) is 1.15. The van der Waals surface area contributed by atoms with Crippen molar-refractivity contribution in [3.8, 4) is 5.75 Å². The number of aliphatic hydroxyl groups excluding tert-OH is 1. The third-order valence-electron chi connectivity index (χ3n) is 12.5. The monoisotopic (exact) mass is 854 g/mol. The molecule has 0 unspecified atom stereocenters. The molecule has 0 amide bonds. The van der Waals surface area contributed by atoms with E-state index in [1.807, 2.05) is 13.0 Å². The molecule has 6 rings (SSSR count). The Balaban J connectivity index is 1.22. The normalized spacial score (nSPS) is 34.6. The smallest absolute Gasteiger partial charge is 0.333 e. The van der Waals surface area contributed by atoms with E-state index >= 15 is 0 Å². The second-order valence-corrected chi connectivity index (χ2v) is 17.1. The van der Waals surface area contributed by atoms with Crippen LogP contribution in [0.5, 0.6) is 5.75 Å². The lowest BCUT2D eigenvalue weighted by Gasteiger charge is -2.52. The standard InChI is InChI=1S/C44H54O17/c1-10-11-18(2)14-19(3)41(52)61-39-23(7)58-29(17-42(39,8)53)59-26-12-13-28(57-22(26)6)60-40-36(49)31(21(5)45)37(50)44(55)38(51)32-24(16-43(40,44)54)20(4)30-33(35(32)48)25(46)15-27(56-9)34(30)47/h14-15,18,22-23,26,28-29,39-40,48,50,53-55H,10-13,16-17H2,1-9H3/b19-14-/t18-,22+,23+,26+,28+,29+,39-,40-,42-,43-,44-/m1/s1. The van der Waals surface area contributed by atoms with Gasteiger partial charge in [-0.3, -0.25) is 24.0 Å². The Hall–Kier alpha value is -4.62. The van der Waals surface area contributed by atoms with E-state index in [-0.39, 0.29) is 47.6 Å². The van der Waals surface area contributed by atoms with Crippen molar-refractivity contribution in [1.29, 1.82) is 0 Å². The minimum absolute atomic E-state index is 0.0139. The summed E-state index contributed by atoms with van der Waals surface area (Å²) < 4.78 is 35.2. The molecule has 0 radical (unpaired) electrons. The second kappa shape index (κ2) is 16.6. The summed E-state index contributed by atoms with van der Waals surface area (Å²) >= 11 is 0. The maximum absolute atomic E-state index is 14.4. The van der Waals surface area contributed by atoms with Gasteiger partial charge in [0, 0.05) is 36.5 Å². The van der Waals surface area contributed by atoms with Gasteiger partial charge in [-0.1, -0.05) is 26.3 Å². The number of ketones is 5. The van der Waals surface area contributed by atoms with Crippen molar-refractivity contribution in [2.45, 2.75) is 154 Å². The molecule has 2 saturated heterocycles. The molecule has 1 aromatic carbocycles. The number of hydrogen-bond donors (Lipinski definition) is 5. The minimum Gasteiger partial charge on any atom is -0.508 e. The fourth-order valence-corrected chi connectivity index (χ4v) is 9.38. The van der Waals surface area contributed by atoms with Gasteiger partial charge in [-0.25, -0.2) is 4.79 Å². The number of rotatable bonds is 11. The summed E-state index contributed by atoms with van der Waals surface area (Å²) in [6, 6.07) is 0. The molecule has 2 fully saturated rings. The summed E-state index contributed by atoms with van der Waals surface area (Å²) in [6.45, 7) is 12.7. The number of carbonyl (C=O) groups is 6. The zero-order valence-corrected chi connectivity index (χ0v) is 35.7. The Morgan fingerprint density at radius 2 is 1.62 bits per heavy atom. The van der Waals surface area contributed by atoms with Crippen LogP contribution in [0.25, 0.3) is 0 Å². The number of carbonyl (C=O) groups excluding carboxylic acids is 6. The van der Waals surface area contributed by atoms with E-state index in [2.05, 4.69) is 6.92 Å². The lowest BCUT2D eigenvalue weighted by atomic mass is 9.58. The number of Topliss-reactive ketones (excluding diaryl/α,β-unsaturated/α-hetero) is 4. The van der Waals surface area contributed by atoms with E-state index in [0.717, 1.165) is 33.0 Å². The van der Waals surface area contributed by atoms with E-state index in [4.69, 9.17) is 28.4 Å². The number of ether oxygens (including phenoxy) is 6. The van der Waals surface area contributed by atoms with Crippen molar-refractivity contribution in [2.24, 2.45) is 5.92 Å². The number of esters is 1. The number of hydrogen-bond acceptors (Lipinski definition) is 17. The molecule has 3 aliphatic carbocycles. The van der Waals surface area contributed by atoms with E-state index in [9.17, 15) is 54.3 Å². The molecule has 17 heteroatoms. The van der Waals surface area contributed by atoms with Crippen molar-refractivity contribution < 1.29 is 82.7 Å². The van der Waals surface area contributed by atoms with Gasteiger partial charge >= 0.3 is 5.97 Å². The molecule has 0 aromatic heterocycles. The Kier molecular flexibility index (Phi) is 12.5. The summed E-state index contributed by atoms with van der Waals surface area (Å²) in [4.78, 5) is 80.7. The van der Waals surface area contributed by atoms with Crippen LogP contribution in [0, 0.1) is 12.8 Å². The first-order chi connectivity index (χ1) is 28.4. The Bertz CT molecular complexity index is 2160. The van der Waals surface area contributed by atoms with Crippen LogP contribution in [0.1, 0.15) is 123 Å². The number of phenols is 1. The highest BCUT2D eigenvalue weighted by molar-refractivity contribution is 6.29. The lowest BCUT2D eigenvalue weighted by Crippen LogP contribution is -2.74. The predicted molar refractivity (Wildman–Crippen MR) is 210 cm³/mol.